The summed E-state index contributed by atoms with van der Waals surface area (Å²) in [6, 6.07) is 6.07. The van der Waals surface area contributed by atoms with Gasteiger partial charge in [-0.15, -0.1) is 11.3 Å². The number of H-pyrrole nitrogens is 1. The van der Waals surface area contributed by atoms with Crippen LogP contribution in [0, 0.1) is 0 Å². The van der Waals surface area contributed by atoms with Crippen molar-refractivity contribution < 1.29 is 4.74 Å². The lowest BCUT2D eigenvalue weighted by Crippen LogP contribution is -2.36. The summed E-state index contributed by atoms with van der Waals surface area (Å²) in [6.45, 7) is 3.12. The highest BCUT2D eigenvalue weighted by Gasteiger charge is 2.19. The summed E-state index contributed by atoms with van der Waals surface area (Å²) < 4.78 is 6.49. The van der Waals surface area contributed by atoms with E-state index in [0.717, 1.165) is 58.9 Å². The van der Waals surface area contributed by atoms with Crippen LogP contribution in [0.2, 0.25) is 0 Å². The van der Waals surface area contributed by atoms with Crippen molar-refractivity contribution in [2.45, 2.75) is 0 Å². The normalized spacial score (nSPS) is 15.4. The Kier molecular flexibility index (Phi) is 3.17. The van der Waals surface area contributed by atoms with Gasteiger partial charge in [-0.1, -0.05) is 12.1 Å². The average molecular weight is 338 g/mol. The van der Waals surface area contributed by atoms with Crippen LogP contribution in [0.3, 0.4) is 0 Å². The minimum Gasteiger partial charge on any atom is -0.378 e. The Bertz CT molecular complexity index is 1020. The molecule has 1 N–H and O–H groups in total. The van der Waals surface area contributed by atoms with Gasteiger partial charge in [-0.3, -0.25) is 5.10 Å². The Hall–Kier alpha value is -2.58. The molecule has 0 atom stereocenters. The second kappa shape index (κ2) is 5.50. The molecule has 1 fully saturated rings. The third-order valence-corrected chi connectivity index (χ3v) is 5.00. The zero-order chi connectivity index (χ0) is 15.9. The Morgan fingerprint density at radius 3 is 3.00 bits per heavy atom. The fourth-order valence-corrected chi connectivity index (χ4v) is 3.69. The lowest BCUT2D eigenvalue weighted by molar-refractivity contribution is 0.122. The number of anilines is 1. The van der Waals surface area contributed by atoms with Crippen LogP contribution in [0.15, 0.2) is 29.9 Å². The van der Waals surface area contributed by atoms with Gasteiger partial charge in [0.2, 0.25) is 0 Å². The molecule has 0 saturated carbocycles. The lowest BCUT2D eigenvalue weighted by atomic mass is 10.1. The Morgan fingerprint density at radius 1 is 1.17 bits per heavy atom. The largest absolute Gasteiger partial charge is 0.378 e. The fraction of sp³-hybridized carbons (Fsp3) is 0.250. The molecular weight excluding hydrogens is 324 g/mol. The van der Waals surface area contributed by atoms with E-state index in [9.17, 15) is 0 Å². The predicted molar refractivity (Wildman–Crippen MR) is 93.3 cm³/mol. The monoisotopic (exact) mass is 338 g/mol. The standard InChI is InChI=1S/C16H14N6OS/c1-2-11-8-18-21-12(11)7-10(1)14-19-15-13(24-9-17-15)16(20-14)22-3-5-23-6-4-22/h1-2,7-9H,3-6H2,(H,18,21). The zero-order valence-corrected chi connectivity index (χ0v) is 13.6. The van der Waals surface area contributed by atoms with Crippen molar-refractivity contribution in [1.82, 2.24) is 25.1 Å². The summed E-state index contributed by atoms with van der Waals surface area (Å²) in [6.07, 6.45) is 1.81. The Balaban J connectivity index is 1.67. The molecule has 1 aromatic carbocycles. The minimum atomic E-state index is 0.686. The molecule has 0 unspecified atom stereocenters. The SMILES string of the molecule is c1nc2nc(-c3ccc4cn[nH]c4c3)nc(N3CCOCC3)c2s1. The van der Waals surface area contributed by atoms with Gasteiger partial charge in [0.15, 0.2) is 17.3 Å². The van der Waals surface area contributed by atoms with Crippen molar-refractivity contribution >= 4 is 38.4 Å². The summed E-state index contributed by atoms with van der Waals surface area (Å²) >= 11 is 1.58. The molecule has 0 aliphatic carbocycles. The molecule has 0 radical (unpaired) electrons. The van der Waals surface area contributed by atoms with Gasteiger partial charge in [0, 0.05) is 24.0 Å². The number of thiazole rings is 1. The predicted octanol–water partition coefficient (Wildman–Crippen LogP) is 2.47. The molecular formula is C16H14N6OS. The van der Waals surface area contributed by atoms with Gasteiger partial charge in [-0.05, 0) is 6.07 Å². The number of aromatic amines is 1. The molecule has 0 spiro atoms. The van der Waals surface area contributed by atoms with E-state index >= 15 is 0 Å². The smallest absolute Gasteiger partial charge is 0.176 e. The van der Waals surface area contributed by atoms with E-state index in [1.807, 2.05) is 29.9 Å². The van der Waals surface area contributed by atoms with E-state index in [0.29, 0.717) is 5.82 Å². The second-order valence-corrected chi connectivity index (χ2v) is 6.50. The number of morpholine rings is 1. The van der Waals surface area contributed by atoms with Crippen LogP contribution in [0.1, 0.15) is 0 Å². The Morgan fingerprint density at radius 2 is 2.08 bits per heavy atom. The van der Waals surface area contributed by atoms with Gasteiger partial charge in [0.25, 0.3) is 0 Å². The first kappa shape index (κ1) is 13.8. The van der Waals surface area contributed by atoms with Gasteiger partial charge in [-0.2, -0.15) is 5.10 Å². The quantitative estimate of drug-likeness (QED) is 0.605. The van der Waals surface area contributed by atoms with Crippen LogP contribution < -0.4 is 4.90 Å². The molecule has 1 saturated heterocycles. The Labute approximate surface area is 141 Å². The number of hydrogen-bond donors (Lipinski definition) is 1. The van der Waals surface area contributed by atoms with Crippen molar-refractivity contribution in [3.63, 3.8) is 0 Å². The number of ether oxygens (including phenoxy) is 1. The van der Waals surface area contributed by atoms with Gasteiger partial charge < -0.3 is 9.64 Å². The molecule has 4 aromatic rings. The summed E-state index contributed by atoms with van der Waals surface area (Å²) in [5, 5.41) is 8.14. The molecule has 0 amide bonds. The van der Waals surface area contributed by atoms with E-state index < -0.39 is 0 Å². The fourth-order valence-electron chi connectivity index (χ4n) is 2.94. The molecule has 1 aliphatic heterocycles. The molecule has 7 nitrogen and oxygen atoms in total. The van der Waals surface area contributed by atoms with Crippen molar-refractivity contribution in [2.24, 2.45) is 0 Å². The molecule has 5 rings (SSSR count). The summed E-state index contributed by atoms with van der Waals surface area (Å²) in [5.74, 6) is 1.64. The molecule has 0 bridgehead atoms. The summed E-state index contributed by atoms with van der Waals surface area (Å²) in [7, 11) is 0. The van der Waals surface area contributed by atoms with E-state index in [2.05, 4.69) is 25.1 Å². The van der Waals surface area contributed by atoms with Crippen LogP contribution in [-0.4, -0.2) is 51.5 Å². The second-order valence-electron chi connectivity index (χ2n) is 5.65. The molecule has 120 valence electrons. The first-order valence-corrected chi connectivity index (χ1v) is 8.64. The van der Waals surface area contributed by atoms with E-state index in [1.165, 1.54) is 0 Å². The number of fused-ring (bicyclic) bond motifs is 2. The number of rotatable bonds is 2. The highest BCUT2D eigenvalue weighted by atomic mass is 32.1. The highest BCUT2D eigenvalue weighted by Crippen LogP contribution is 2.31. The lowest BCUT2D eigenvalue weighted by Gasteiger charge is -2.28. The summed E-state index contributed by atoms with van der Waals surface area (Å²) in [5.41, 5.74) is 4.50. The van der Waals surface area contributed by atoms with Crippen LogP contribution >= 0.6 is 11.3 Å². The van der Waals surface area contributed by atoms with Crippen LogP contribution in [0.4, 0.5) is 5.82 Å². The average Bonchev–Trinajstić information content (AvgIpc) is 3.29. The van der Waals surface area contributed by atoms with Gasteiger partial charge in [-0.25, -0.2) is 15.0 Å². The number of hydrogen-bond acceptors (Lipinski definition) is 7. The van der Waals surface area contributed by atoms with E-state index in [4.69, 9.17) is 9.72 Å². The number of benzene rings is 1. The first-order chi connectivity index (χ1) is 11.9. The van der Waals surface area contributed by atoms with E-state index in [-0.39, 0.29) is 0 Å². The maximum Gasteiger partial charge on any atom is 0.176 e. The van der Waals surface area contributed by atoms with Crippen LogP contribution in [0.5, 0.6) is 0 Å². The third-order valence-electron chi connectivity index (χ3n) is 4.19. The molecule has 1 aliphatic rings. The molecule has 4 heterocycles. The van der Waals surface area contributed by atoms with Crippen molar-refractivity contribution in [3.8, 4) is 11.4 Å². The van der Waals surface area contributed by atoms with Gasteiger partial charge in [0.1, 0.15) is 4.70 Å². The number of nitrogens with one attached hydrogen (secondary N) is 1. The van der Waals surface area contributed by atoms with Crippen LogP contribution in [0.25, 0.3) is 32.6 Å². The van der Waals surface area contributed by atoms with E-state index in [1.54, 1.807) is 11.3 Å². The van der Waals surface area contributed by atoms with Gasteiger partial charge >= 0.3 is 0 Å². The van der Waals surface area contributed by atoms with Crippen molar-refractivity contribution in [1.29, 1.82) is 0 Å². The highest BCUT2D eigenvalue weighted by molar-refractivity contribution is 7.17. The number of aromatic nitrogens is 5. The number of nitrogens with zero attached hydrogens (tertiary/aromatic N) is 5. The van der Waals surface area contributed by atoms with Crippen LogP contribution in [-0.2, 0) is 4.74 Å². The topological polar surface area (TPSA) is 79.8 Å². The van der Waals surface area contributed by atoms with Crippen molar-refractivity contribution in [3.05, 3.63) is 29.9 Å². The molecule has 3 aromatic heterocycles. The summed E-state index contributed by atoms with van der Waals surface area (Å²) in [4.78, 5) is 16.2. The molecule has 8 heteroatoms. The van der Waals surface area contributed by atoms with Crippen molar-refractivity contribution in [2.75, 3.05) is 31.2 Å². The molecule has 24 heavy (non-hydrogen) atoms. The third kappa shape index (κ3) is 2.22. The maximum atomic E-state index is 5.46. The maximum absolute atomic E-state index is 5.46. The zero-order valence-electron chi connectivity index (χ0n) is 12.8. The van der Waals surface area contributed by atoms with Gasteiger partial charge in [0.05, 0.1) is 30.4 Å². The first-order valence-electron chi connectivity index (χ1n) is 7.76. The minimum absolute atomic E-state index is 0.686.